The van der Waals surface area contributed by atoms with Crippen LogP contribution in [0, 0.1) is 11.3 Å². The molecule has 2 fully saturated rings. The molecule has 0 bridgehead atoms. The van der Waals surface area contributed by atoms with Crippen LogP contribution in [-0.2, 0) is 0 Å². The van der Waals surface area contributed by atoms with E-state index >= 15 is 0 Å². The van der Waals surface area contributed by atoms with E-state index < -0.39 is 0 Å². The van der Waals surface area contributed by atoms with E-state index in [-0.39, 0.29) is 17.9 Å². The second-order valence-corrected chi connectivity index (χ2v) is 10.5. The van der Waals surface area contributed by atoms with Gasteiger partial charge in [-0.2, -0.15) is 5.26 Å². The Morgan fingerprint density at radius 2 is 1.84 bits per heavy atom. The first-order valence-electron chi connectivity index (χ1n) is 13.1. The lowest BCUT2D eigenvalue weighted by Gasteiger charge is -2.47. The highest BCUT2D eigenvalue weighted by molar-refractivity contribution is 6.33. The van der Waals surface area contributed by atoms with Crippen molar-refractivity contribution in [3.63, 3.8) is 0 Å². The van der Waals surface area contributed by atoms with Gasteiger partial charge in [-0.25, -0.2) is 4.98 Å². The number of nitriles is 1. The van der Waals surface area contributed by atoms with Crippen LogP contribution >= 0.6 is 11.6 Å². The van der Waals surface area contributed by atoms with E-state index in [1.807, 2.05) is 18.7 Å². The molecule has 2 aliphatic rings. The quantitative estimate of drug-likeness (QED) is 0.617. The molecule has 0 radical (unpaired) electrons. The Balaban J connectivity index is 1.35. The average molecular weight is 523 g/mol. The first-order valence-corrected chi connectivity index (χ1v) is 13.4. The number of likely N-dealkylation sites (tertiary alicyclic amines) is 1. The minimum atomic E-state index is -0.170. The SMILES string of the molecule is CC[C@H]1CN(c2ncc(C(=O)NC(C)C)cc2Cl)CCN1C1CCN(C(=O)c2ccc(C#N)cc2)CC1. The van der Waals surface area contributed by atoms with Crippen LogP contribution in [0.1, 0.15) is 66.3 Å². The lowest BCUT2D eigenvalue weighted by atomic mass is 9.97. The Bertz CT molecular complexity index is 1150. The van der Waals surface area contributed by atoms with E-state index in [4.69, 9.17) is 16.9 Å². The number of carbonyl (C=O) groups excluding carboxylic acids is 2. The van der Waals surface area contributed by atoms with Crippen molar-refractivity contribution in [3.8, 4) is 6.07 Å². The number of pyridine rings is 1. The van der Waals surface area contributed by atoms with Crippen molar-refractivity contribution in [3.05, 3.63) is 58.2 Å². The van der Waals surface area contributed by atoms with Crippen LogP contribution in [0.4, 0.5) is 5.82 Å². The largest absolute Gasteiger partial charge is 0.353 e. The summed E-state index contributed by atoms with van der Waals surface area (Å²) in [5.74, 6) is 0.589. The van der Waals surface area contributed by atoms with Crippen molar-refractivity contribution >= 4 is 29.2 Å². The topological polar surface area (TPSA) is 92.6 Å². The normalized spacial score (nSPS) is 19.1. The van der Waals surface area contributed by atoms with Gasteiger partial charge in [0.2, 0.25) is 0 Å². The number of aromatic nitrogens is 1. The van der Waals surface area contributed by atoms with Crippen molar-refractivity contribution in [2.75, 3.05) is 37.6 Å². The zero-order chi connectivity index (χ0) is 26.5. The number of benzene rings is 1. The number of amides is 2. The van der Waals surface area contributed by atoms with Gasteiger partial charge in [-0.3, -0.25) is 14.5 Å². The number of halogens is 1. The highest BCUT2D eigenvalue weighted by Crippen LogP contribution is 2.30. The first kappa shape index (κ1) is 26.9. The molecule has 1 aromatic heterocycles. The van der Waals surface area contributed by atoms with Crippen LogP contribution in [0.15, 0.2) is 36.5 Å². The summed E-state index contributed by atoms with van der Waals surface area (Å²) < 4.78 is 0. The third-order valence-corrected chi connectivity index (χ3v) is 7.56. The fourth-order valence-electron chi connectivity index (χ4n) is 5.31. The molecule has 1 N–H and O–H groups in total. The third-order valence-electron chi connectivity index (χ3n) is 7.28. The lowest BCUT2D eigenvalue weighted by molar-refractivity contribution is 0.0490. The lowest BCUT2D eigenvalue weighted by Crippen LogP contribution is -2.58. The van der Waals surface area contributed by atoms with Crippen LogP contribution < -0.4 is 10.2 Å². The third kappa shape index (κ3) is 6.23. The van der Waals surface area contributed by atoms with Gasteiger partial charge >= 0.3 is 0 Å². The van der Waals surface area contributed by atoms with Gasteiger partial charge < -0.3 is 15.1 Å². The summed E-state index contributed by atoms with van der Waals surface area (Å²) in [5.41, 5.74) is 1.66. The number of piperazine rings is 1. The average Bonchev–Trinajstić information content (AvgIpc) is 2.92. The minimum Gasteiger partial charge on any atom is -0.353 e. The Morgan fingerprint density at radius 1 is 1.14 bits per heavy atom. The summed E-state index contributed by atoms with van der Waals surface area (Å²) in [7, 11) is 0. The number of nitrogens with one attached hydrogen (secondary N) is 1. The summed E-state index contributed by atoms with van der Waals surface area (Å²) in [5, 5.41) is 12.4. The van der Waals surface area contributed by atoms with Crippen molar-refractivity contribution < 1.29 is 9.59 Å². The molecule has 0 unspecified atom stereocenters. The summed E-state index contributed by atoms with van der Waals surface area (Å²) in [6, 6.07) is 11.5. The molecule has 2 amide bonds. The van der Waals surface area contributed by atoms with Crippen molar-refractivity contribution in [2.45, 2.75) is 58.2 Å². The monoisotopic (exact) mass is 522 g/mol. The Morgan fingerprint density at radius 3 is 2.43 bits per heavy atom. The Kier molecular flexibility index (Phi) is 8.67. The van der Waals surface area contributed by atoms with Gasteiger partial charge in [0.1, 0.15) is 5.82 Å². The van der Waals surface area contributed by atoms with Gasteiger partial charge in [0.15, 0.2) is 0 Å². The number of rotatable bonds is 6. The molecule has 4 rings (SSSR count). The van der Waals surface area contributed by atoms with Crippen LogP contribution in [0.5, 0.6) is 0 Å². The van der Waals surface area contributed by atoms with E-state index in [9.17, 15) is 9.59 Å². The molecule has 0 aliphatic carbocycles. The smallest absolute Gasteiger partial charge is 0.253 e. The van der Waals surface area contributed by atoms with E-state index in [0.29, 0.717) is 33.8 Å². The maximum Gasteiger partial charge on any atom is 0.253 e. The number of piperidine rings is 1. The molecule has 37 heavy (non-hydrogen) atoms. The molecule has 2 saturated heterocycles. The predicted octanol–water partition coefficient (Wildman–Crippen LogP) is 3.95. The summed E-state index contributed by atoms with van der Waals surface area (Å²) >= 11 is 6.58. The second kappa shape index (κ2) is 11.9. The van der Waals surface area contributed by atoms with Crippen molar-refractivity contribution in [1.82, 2.24) is 20.1 Å². The Labute approximate surface area is 224 Å². The van der Waals surface area contributed by atoms with Gasteiger partial charge in [0.25, 0.3) is 11.8 Å². The fourth-order valence-corrected chi connectivity index (χ4v) is 5.60. The maximum atomic E-state index is 12.9. The Hall–Kier alpha value is -3.15. The standard InChI is InChI=1S/C28H35ClN6O2/c1-4-23-18-34(26-25(29)15-22(17-31-26)27(36)32-19(2)3)13-14-35(23)24-9-11-33(12-10-24)28(37)21-7-5-20(16-30)6-8-21/h5-8,15,17,19,23-24H,4,9-14,18H2,1-3H3,(H,32,36)/t23-/m0/s1. The molecule has 2 aliphatic heterocycles. The summed E-state index contributed by atoms with van der Waals surface area (Å²) in [4.78, 5) is 36.6. The van der Waals surface area contributed by atoms with E-state index in [0.717, 1.165) is 57.8 Å². The van der Waals surface area contributed by atoms with E-state index in [1.54, 1.807) is 36.5 Å². The molecular weight excluding hydrogens is 488 g/mol. The number of carbonyl (C=O) groups is 2. The molecule has 2 aromatic rings. The van der Waals surface area contributed by atoms with Crippen LogP contribution in [0.2, 0.25) is 5.02 Å². The fraction of sp³-hybridized carbons (Fsp3) is 0.500. The summed E-state index contributed by atoms with van der Waals surface area (Å²) in [6.45, 7) is 10.0. The summed E-state index contributed by atoms with van der Waals surface area (Å²) in [6.07, 6.45) is 4.49. The minimum absolute atomic E-state index is 0.0334. The molecule has 1 atom stereocenters. The van der Waals surface area contributed by atoms with Crippen LogP contribution in [0.3, 0.4) is 0 Å². The highest BCUT2D eigenvalue weighted by atomic mass is 35.5. The zero-order valence-electron chi connectivity index (χ0n) is 21.8. The van der Waals surface area contributed by atoms with Crippen molar-refractivity contribution in [1.29, 1.82) is 5.26 Å². The van der Waals surface area contributed by atoms with Gasteiger partial charge in [-0.15, -0.1) is 0 Å². The van der Waals surface area contributed by atoms with Crippen LogP contribution in [0.25, 0.3) is 0 Å². The second-order valence-electron chi connectivity index (χ2n) is 10.1. The van der Waals surface area contributed by atoms with Crippen molar-refractivity contribution in [2.24, 2.45) is 0 Å². The van der Waals surface area contributed by atoms with Crippen LogP contribution in [-0.4, -0.2) is 77.4 Å². The number of nitrogens with zero attached hydrogens (tertiary/aromatic N) is 5. The first-order chi connectivity index (χ1) is 17.8. The molecule has 8 nitrogen and oxygen atoms in total. The number of hydrogen-bond acceptors (Lipinski definition) is 6. The number of hydrogen-bond donors (Lipinski definition) is 1. The molecule has 9 heteroatoms. The highest BCUT2D eigenvalue weighted by Gasteiger charge is 2.35. The molecular formula is C28H35ClN6O2. The molecule has 196 valence electrons. The number of anilines is 1. The molecule has 3 heterocycles. The molecule has 1 aromatic carbocycles. The molecule has 0 spiro atoms. The van der Waals surface area contributed by atoms with E-state index in [2.05, 4.69) is 33.1 Å². The van der Waals surface area contributed by atoms with E-state index in [1.165, 1.54) is 0 Å². The van der Waals surface area contributed by atoms with Gasteiger partial charge in [-0.05, 0) is 63.4 Å². The van der Waals surface area contributed by atoms with Gasteiger partial charge in [0.05, 0.1) is 22.2 Å². The maximum absolute atomic E-state index is 12.9. The zero-order valence-corrected chi connectivity index (χ0v) is 22.5. The van der Waals surface area contributed by atoms with Gasteiger partial charge in [-0.1, -0.05) is 18.5 Å². The molecule has 0 saturated carbocycles. The van der Waals surface area contributed by atoms with Gasteiger partial charge in [0, 0.05) is 62.6 Å². The predicted molar refractivity (Wildman–Crippen MR) is 145 cm³/mol.